The van der Waals surface area contributed by atoms with Crippen molar-refractivity contribution < 1.29 is 0 Å². The first-order valence-electron chi connectivity index (χ1n) is 37.7. The quantitative estimate of drug-likeness (QED) is 0.100. The van der Waals surface area contributed by atoms with Gasteiger partial charge in [0.05, 0.1) is 33.8 Å². The molecule has 0 radical (unpaired) electrons. The number of fused-ring (bicyclic) bond motifs is 6. The van der Waals surface area contributed by atoms with Gasteiger partial charge >= 0.3 is 0 Å². The van der Waals surface area contributed by atoms with Crippen LogP contribution in [0.4, 0.5) is 0 Å². The Kier molecular flexibility index (Phi) is 18.3. The van der Waals surface area contributed by atoms with Crippen LogP contribution in [-0.4, -0.2) is 34.9 Å². The summed E-state index contributed by atoms with van der Waals surface area (Å²) in [6.45, 7) is 0. The highest BCUT2D eigenvalue weighted by atomic mass is 15.0. The van der Waals surface area contributed by atoms with Gasteiger partial charge in [0.15, 0.2) is 23.3 Å². The van der Waals surface area contributed by atoms with Crippen LogP contribution in [0.2, 0.25) is 0 Å². The number of aromatic nitrogens is 7. The van der Waals surface area contributed by atoms with Crippen LogP contribution >= 0.6 is 0 Å². The molecule has 0 saturated heterocycles. The smallest absolute Gasteiger partial charge is 0.164 e. The van der Waals surface area contributed by atoms with Crippen molar-refractivity contribution in [1.29, 1.82) is 0 Å². The predicted octanol–water partition coefficient (Wildman–Crippen LogP) is 27.1. The second-order valence-corrected chi connectivity index (χ2v) is 27.8. The third-order valence-corrected chi connectivity index (χ3v) is 20.9. The summed E-state index contributed by atoms with van der Waals surface area (Å²) in [5.41, 5.74) is 27.8. The van der Waals surface area contributed by atoms with Gasteiger partial charge in [0, 0.05) is 76.8 Å². The van der Waals surface area contributed by atoms with Gasteiger partial charge in [-0.1, -0.05) is 400 Å². The van der Waals surface area contributed by atoms with Gasteiger partial charge < -0.3 is 0 Å². The SMILES string of the molecule is c1ccc(-c2ccc3c(c2)nc(-c2ccccc2)c2cccc(-c4ccc(-c5ccc(-c6cc(-c7ccccc7)nc(-c7ccccc7)n6)cc5)cc4)c23)cc1.c1ccc(-c2ccc3c(c2)nc(-c2ccccc2)c2cccc(-c4ccc(-c5ccc(-c6nc(-c7ccccc7)nc(-c7ccccc7)n6)cc5)cc4)c23)cc1. The molecule has 7 heteroatoms. The van der Waals surface area contributed by atoms with Gasteiger partial charge in [0.25, 0.3) is 0 Å². The Labute approximate surface area is 650 Å². The predicted molar refractivity (Wildman–Crippen MR) is 464 cm³/mol. The van der Waals surface area contributed by atoms with Gasteiger partial charge in [0.1, 0.15) is 0 Å². The van der Waals surface area contributed by atoms with Crippen LogP contribution in [0.25, 0.3) is 201 Å². The summed E-state index contributed by atoms with van der Waals surface area (Å²) in [4.78, 5) is 35.3. The van der Waals surface area contributed by atoms with Crippen molar-refractivity contribution in [3.8, 4) is 157 Å². The van der Waals surface area contributed by atoms with Gasteiger partial charge in [-0.15, -0.1) is 0 Å². The molecule has 0 saturated carbocycles. The summed E-state index contributed by atoms with van der Waals surface area (Å²) in [5, 5.41) is 6.98. The molecule has 524 valence electrons. The molecule has 0 spiro atoms. The van der Waals surface area contributed by atoms with Crippen LogP contribution in [-0.2, 0) is 0 Å². The number of nitrogens with zero attached hydrogens (tertiary/aromatic N) is 7. The van der Waals surface area contributed by atoms with Crippen LogP contribution in [0.5, 0.6) is 0 Å². The number of hydrogen-bond acceptors (Lipinski definition) is 7. The molecular weight excluding hydrogens is 1360 g/mol. The molecule has 0 aliphatic heterocycles. The minimum atomic E-state index is 0.642. The molecule has 4 heterocycles. The Morgan fingerprint density at radius 2 is 0.375 bits per heavy atom. The van der Waals surface area contributed by atoms with E-state index in [0.717, 1.165) is 144 Å². The van der Waals surface area contributed by atoms with E-state index >= 15 is 0 Å². The second-order valence-electron chi connectivity index (χ2n) is 27.8. The summed E-state index contributed by atoms with van der Waals surface area (Å²) in [5.74, 6) is 2.66. The summed E-state index contributed by atoms with van der Waals surface area (Å²) in [7, 11) is 0. The van der Waals surface area contributed by atoms with E-state index in [2.05, 4.69) is 322 Å². The molecule has 4 aromatic heterocycles. The van der Waals surface area contributed by atoms with Crippen molar-refractivity contribution in [2.45, 2.75) is 0 Å². The van der Waals surface area contributed by atoms with Gasteiger partial charge in [-0.05, 0) is 85.0 Å². The molecule has 0 aliphatic rings. The van der Waals surface area contributed by atoms with Crippen LogP contribution in [0.15, 0.2) is 419 Å². The lowest BCUT2D eigenvalue weighted by Gasteiger charge is -2.15. The average molecular weight is 1430 g/mol. The summed E-state index contributed by atoms with van der Waals surface area (Å²) >= 11 is 0. The summed E-state index contributed by atoms with van der Waals surface area (Å²) < 4.78 is 0. The first-order valence-corrected chi connectivity index (χ1v) is 37.7. The number of hydrogen-bond donors (Lipinski definition) is 0. The van der Waals surface area contributed by atoms with Crippen LogP contribution in [0, 0.1) is 0 Å². The summed E-state index contributed by atoms with van der Waals surface area (Å²) in [6.07, 6.45) is 0. The van der Waals surface area contributed by atoms with Gasteiger partial charge in [-0.3, -0.25) is 0 Å². The molecule has 0 aliphatic carbocycles. The van der Waals surface area contributed by atoms with E-state index in [4.69, 9.17) is 34.9 Å². The first kappa shape index (κ1) is 67.5. The van der Waals surface area contributed by atoms with E-state index in [-0.39, 0.29) is 0 Å². The van der Waals surface area contributed by atoms with E-state index < -0.39 is 0 Å². The lowest BCUT2D eigenvalue weighted by molar-refractivity contribution is 1.07. The Hall–Kier alpha value is -15.1. The van der Waals surface area contributed by atoms with Crippen LogP contribution < -0.4 is 0 Å². The van der Waals surface area contributed by atoms with Crippen molar-refractivity contribution >= 4 is 43.4 Å². The molecule has 20 rings (SSSR count). The fourth-order valence-corrected chi connectivity index (χ4v) is 15.2. The van der Waals surface area contributed by atoms with E-state index in [1.807, 2.05) is 97.1 Å². The molecular formula is C105H69N7. The van der Waals surface area contributed by atoms with E-state index in [1.54, 1.807) is 0 Å². The maximum absolute atomic E-state index is 5.31. The summed E-state index contributed by atoms with van der Waals surface area (Å²) in [6, 6.07) is 146. The second kappa shape index (κ2) is 30.3. The molecule has 0 bridgehead atoms. The van der Waals surface area contributed by atoms with Crippen molar-refractivity contribution in [2.24, 2.45) is 0 Å². The minimum Gasteiger partial charge on any atom is -0.247 e. The molecule has 0 atom stereocenters. The lowest BCUT2D eigenvalue weighted by atomic mass is 9.91. The zero-order valence-corrected chi connectivity index (χ0v) is 61.0. The van der Waals surface area contributed by atoms with Crippen molar-refractivity contribution in [3.63, 3.8) is 0 Å². The largest absolute Gasteiger partial charge is 0.247 e. The maximum atomic E-state index is 5.31. The Bertz CT molecular complexity index is 6230. The fraction of sp³-hybridized carbons (Fsp3) is 0. The topological polar surface area (TPSA) is 90.2 Å². The van der Waals surface area contributed by atoms with Gasteiger partial charge in [-0.25, -0.2) is 34.9 Å². The highest BCUT2D eigenvalue weighted by molar-refractivity contribution is 6.19. The fourth-order valence-electron chi connectivity index (χ4n) is 15.2. The van der Waals surface area contributed by atoms with Crippen molar-refractivity contribution in [1.82, 2.24) is 34.9 Å². The monoisotopic (exact) mass is 1430 g/mol. The Balaban J connectivity index is 0.000000151. The van der Waals surface area contributed by atoms with Crippen molar-refractivity contribution in [2.75, 3.05) is 0 Å². The van der Waals surface area contributed by atoms with Crippen LogP contribution in [0.1, 0.15) is 0 Å². The number of rotatable bonds is 14. The number of pyridine rings is 2. The lowest BCUT2D eigenvalue weighted by Crippen LogP contribution is -2.00. The van der Waals surface area contributed by atoms with E-state index in [9.17, 15) is 0 Å². The van der Waals surface area contributed by atoms with E-state index in [1.165, 1.54) is 33.0 Å². The van der Waals surface area contributed by atoms with E-state index in [0.29, 0.717) is 23.3 Å². The Morgan fingerprint density at radius 1 is 0.134 bits per heavy atom. The molecule has 0 N–H and O–H groups in total. The zero-order chi connectivity index (χ0) is 74.5. The zero-order valence-electron chi connectivity index (χ0n) is 61.0. The third-order valence-electron chi connectivity index (χ3n) is 20.9. The maximum Gasteiger partial charge on any atom is 0.164 e. The van der Waals surface area contributed by atoms with Crippen LogP contribution in [0.3, 0.4) is 0 Å². The highest BCUT2D eigenvalue weighted by Gasteiger charge is 2.20. The molecule has 0 unspecified atom stereocenters. The molecule has 20 aromatic rings. The molecule has 0 fully saturated rings. The van der Waals surface area contributed by atoms with Gasteiger partial charge in [-0.2, -0.15) is 0 Å². The Morgan fingerprint density at radius 3 is 0.714 bits per heavy atom. The molecule has 16 aromatic carbocycles. The minimum absolute atomic E-state index is 0.642. The normalized spacial score (nSPS) is 11.2. The standard InChI is InChI=1S/C53H35N3.C52H34N4/c1-5-14-36(15-6-1)44-32-33-46-50(34-44)54-52(42-18-9-3-10-19-42)47-23-13-22-45(51(46)47)39-28-24-37(25-29-39)38-26-30-41(31-27-38)49-35-48(40-16-7-2-8-17-40)55-53(56-49)43-20-11-4-12-21-43;1-5-14-35(15-6-1)43-32-33-45-47(34-43)53-49(39-16-7-2-8-17-39)46-23-13-22-44(48(45)46)38-28-24-36(25-29-38)37-26-30-42(31-27-37)52-55-50(40-18-9-3-10-19-40)54-51(56-52)41-20-11-4-12-21-41/h1-35H;1-34H. The highest BCUT2D eigenvalue weighted by Crippen LogP contribution is 2.44. The third kappa shape index (κ3) is 13.7. The molecule has 7 nitrogen and oxygen atoms in total. The first-order chi connectivity index (χ1) is 55.5. The molecule has 0 amide bonds. The van der Waals surface area contributed by atoms with Crippen molar-refractivity contribution in [3.05, 3.63) is 419 Å². The average Bonchev–Trinajstić information content (AvgIpc) is 0.743. The molecule has 112 heavy (non-hydrogen) atoms. The van der Waals surface area contributed by atoms with Gasteiger partial charge in [0.2, 0.25) is 0 Å². The number of benzene rings is 16.